The van der Waals surface area contributed by atoms with Gasteiger partial charge in [-0.15, -0.1) is 0 Å². The molecule has 112 valence electrons. The number of sulfonamides is 1. The molecular formula is C15H19N3O2S. The van der Waals surface area contributed by atoms with Crippen LogP contribution in [0.3, 0.4) is 0 Å². The van der Waals surface area contributed by atoms with Gasteiger partial charge >= 0.3 is 0 Å². The van der Waals surface area contributed by atoms with Crippen molar-refractivity contribution in [2.75, 3.05) is 26.2 Å². The van der Waals surface area contributed by atoms with Crippen LogP contribution in [-0.2, 0) is 10.0 Å². The summed E-state index contributed by atoms with van der Waals surface area (Å²) >= 11 is 0. The third kappa shape index (κ3) is 3.40. The van der Waals surface area contributed by atoms with E-state index >= 15 is 0 Å². The summed E-state index contributed by atoms with van der Waals surface area (Å²) in [4.78, 5) is 6.71. The molecule has 0 bridgehead atoms. The lowest BCUT2D eigenvalue weighted by Crippen LogP contribution is -2.33. The summed E-state index contributed by atoms with van der Waals surface area (Å²) in [5, 5.41) is 0.833. The van der Waals surface area contributed by atoms with E-state index < -0.39 is 10.0 Å². The van der Waals surface area contributed by atoms with Crippen LogP contribution < -0.4 is 4.72 Å². The van der Waals surface area contributed by atoms with Crippen molar-refractivity contribution in [3.8, 4) is 0 Å². The Morgan fingerprint density at radius 1 is 1.19 bits per heavy atom. The summed E-state index contributed by atoms with van der Waals surface area (Å²) in [6.07, 6.45) is 3.84. The van der Waals surface area contributed by atoms with E-state index in [-0.39, 0.29) is 4.90 Å². The first kappa shape index (κ1) is 14.4. The fourth-order valence-corrected chi connectivity index (χ4v) is 3.63. The van der Waals surface area contributed by atoms with Gasteiger partial charge in [-0.05, 0) is 38.1 Å². The number of hydrogen-bond acceptors (Lipinski definition) is 4. The van der Waals surface area contributed by atoms with Crippen molar-refractivity contribution in [3.05, 3.63) is 36.5 Å². The molecule has 3 rings (SSSR count). The highest BCUT2D eigenvalue weighted by Gasteiger charge is 2.16. The quantitative estimate of drug-likeness (QED) is 0.911. The summed E-state index contributed by atoms with van der Waals surface area (Å²) in [5.74, 6) is 0. The maximum Gasteiger partial charge on any atom is 0.242 e. The first-order chi connectivity index (χ1) is 10.1. The zero-order valence-electron chi connectivity index (χ0n) is 11.8. The van der Waals surface area contributed by atoms with Crippen LogP contribution in [0.4, 0.5) is 0 Å². The van der Waals surface area contributed by atoms with E-state index in [9.17, 15) is 8.42 Å². The highest BCUT2D eigenvalue weighted by atomic mass is 32.2. The Morgan fingerprint density at radius 3 is 2.76 bits per heavy atom. The van der Waals surface area contributed by atoms with Crippen molar-refractivity contribution in [1.29, 1.82) is 0 Å². The van der Waals surface area contributed by atoms with E-state index in [1.807, 2.05) is 24.3 Å². The van der Waals surface area contributed by atoms with Crippen LogP contribution in [0.1, 0.15) is 12.8 Å². The third-order valence-electron chi connectivity index (χ3n) is 3.79. The molecule has 0 radical (unpaired) electrons. The van der Waals surface area contributed by atoms with E-state index in [0.29, 0.717) is 6.54 Å². The molecule has 1 N–H and O–H groups in total. The molecule has 2 heterocycles. The molecule has 1 aliphatic rings. The molecule has 5 nitrogen and oxygen atoms in total. The Kier molecular flexibility index (Phi) is 4.19. The van der Waals surface area contributed by atoms with Crippen LogP contribution in [-0.4, -0.2) is 44.5 Å². The fourth-order valence-electron chi connectivity index (χ4n) is 2.63. The van der Waals surface area contributed by atoms with E-state index in [2.05, 4.69) is 14.6 Å². The smallest absolute Gasteiger partial charge is 0.242 e. The van der Waals surface area contributed by atoms with Crippen LogP contribution in [0, 0.1) is 0 Å². The van der Waals surface area contributed by atoms with Gasteiger partial charge < -0.3 is 4.90 Å². The topological polar surface area (TPSA) is 62.3 Å². The van der Waals surface area contributed by atoms with Crippen molar-refractivity contribution < 1.29 is 8.42 Å². The van der Waals surface area contributed by atoms with Crippen molar-refractivity contribution in [2.24, 2.45) is 0 Å². The summed E-state index contributed by atoms with van der Waals surface area (Å²) in [5.41, 5.74) is 0.800. The van der Waals surface area contributed by atoms with Gasteiger partial charge in [-0.2, -0.15) is 0 Å². The van der Waals surface area contributed by atoms with Crippen LogP contribution in [0.15, 0.2) is 41.4 Å². The normalized spacial score (nSPS) is 16.6. The Hall–Kier alpha value is -1.50. The Bertz CT molecular complexity index is 725. The standard InChI is InChI=1S/C15H19N3O2S/c19-21(20,17-7-10-18-8-3-4-9-18)14-11-13-5-1-2-6-15(13)16-12-14/h1-2,5-6,11-12,17H,3-4,7-10H2. The molecule has 1 aromatic heterocycles. The Balaban J connectivity index is 1.70. The van der Waals surface area contributed by atoms with Crippen LogP contribution in [0.2, 0.25) is 0 Å². The summed E-state index contributed by atoms with van der Waals surface area (Å²) in [7, 11) is -3.48. The first-order valence-corrected chi connectivity index (χ1v) is 8.70. The number of para-hydroxylation sites is 1. The second kappa shape index (κ2) is 6.09. The number of benzene rings is 1. The highest BCUT2D eigenvalue weighted by molar-refractivity contribution is 7.89. The lowest BCUT2D eigenvalue weighted by Gasteiger charge is -2.14. The van der Waals surface area contributed by atoms with Gasteiger partial charge in [0.2, 0.25) is 10.0 Å². The monoisotopic (exact) mass is 305 g/mol. The molecule has 0 amide bonds. The lowest BCUT2D eigenvalue weighted by molar-refractivity contribution is 0.344. The zero-order valence-corrected chi connectivity index (χ0v) is 12.6. The van der Waals surface area contributed by atoms with Crippen molar-refractivity contribution >= 4 is 20.9 Å². The summed E-state index contributed by atoms with van der Waals surface area (Å²) in [6.45, 7) is 3.34. The largest absolute Gasteiger partial charge is 0.302 e. The van der Waals surface area contributed by atoms with Crippen molar-refractivity contribution in [1.82, 2.24) is 14.6 Å². The third-order valence-corrected chi connectivity index (χ3v) is 5.22. The molecule has 1 aromatic carbocycles. The SMILES string of the molecule is O=S(=O)(NCCN1CCCC1)c1cnc2ccccc2c1. The zero-order chi connectivity index (χ0) is 14.7. The number of aromatic nitrogens is 1. The first-order valence-electron chi connectivity index (χ1n) is 7.22. The predicted molar refractivity (Wildman–Crippen MR) is 82.6 cm³/mol. The van der Waals surface area contributed by atoms with Gasteiger partial charge in [0.05, 0.1) is 5.52 Å². The maximum absolute atomic E-state index is 12.3. The van der Waals surface area contributed by atoms with Crippen LogP contribution >= 0.6 is 0 Å². The maximum atomic E-state index is 12.3. The van der Waals surface area contributed by atoms with Gasteiger partial charge in [-0.3, -0.25) is 4.98 Å². The molecule has 0 saturated carbocycles. The van der Waals surface area contributed by atoms with Crippen molar-refractivity contribution in [2.45, 2.75) is 17.7 Å². The number of likely N-dealkylation sites (tertiary alicyclic amines) is 1. The Morgan fingerprint density at radius 2 is 1.95 bits per heavy atom. The Labute approximate surface area is 125 Å². The van der Waals surface area contributed by atoms with Crippen molar-refractivity contribution in [3.63, 3.8) is 0 Å². The summed E-state index contributed by atoms with van der Waals surface area (Å²) < 4.78 is 27.2. The highest BCUT2D eigenvalue weighted by Crippen LogP contribution is 2.16. The fraction of sp³-hybridized carbons (Fsp3) is 0.400. The van der Waals surface area contributed by atoms with Gasteiger partial charge in [0.1, 0.15) is 4.90 Å². The minimum Gasteiger partial charge on any atom is -0.302 e. The molecule has 0 atom stereocenters. The summed E-state index contributed by atoms with van der Waals surface area (Å²) in [6, 6.07) is 9.16. The minimum atomic E-state index is -3.48. The molecule has 1 fully saturated rings. The lowest BCUT2D eigenvalue weighted by atomic mass is 10.2. The second-order valence-corrected chi connectivity index (χ2v) is 7.08. The number of rotatable bonds is 5. The van der Waals surface area contributed by atoms with Crippen LogP contribution in [0.5, 0.6) is 0 Å². The van der Waals surface area contributed by atoms with Gasteiger partial charge in [-0.1, -0.05) is 18.2 Å². The van der Waals surface area contributed by atoms with Gasteiger partial charge in [0.25, 0.3) is 0 Å². The average Bonchev–Trinajstić information content (AvgIpc) is 3.00. The molecule has 1 aliphatic heterocycles. The van der Waals surface area contributed by atoms with Crippen LogP contribution in [0.25, 0.3) is 10.9 Å². The second-order valence-electron chi connectivity index (χ2n) is 5.31. The van der Waals surface area contributed by atoms with E-state index in [4.69, 9.17) is 0 Å². The van der Waals surface area contributed by atoms with Gasteiger partial charge in [-0.25, -0.2) is 13.1 Å². The van der Waals surface area contributed by atoms with E-state index in [0.717, 1.165) is 30.5 Å². The van der Waals surface area contributed by atoms with E-state index in [1.54, 1.807) is 6.07 Å². The molecule has 2 aromatic rings. The molecule has 6 heteroatoms. The number of nitrogens with zero attached hydrogens (tertiary/aromatic N) is 2. The number of fused-ring (bicyclic) bond motifs is 1. The molecule has 0 aliphatic carbocycles. The molecule has 0 spiro atoms. The molecule has 0 unspecified atom stereocenters. The number of hydrogen-bond donors (Lipinski definition) is 1. The van der Waals surface area contributed by atoms with E-state index in [1.165, 1.54) is 19.0 Å². The number of pyridine rings is 1. The average molecular weight is 305 g/mol. The minimum absolute atomic E-state index is 0.225. The molecule has 1 saturated heterocycles. The van der Waals surface area contributed by atoms with Gasteiger partial charge in [0.15, 0.2) is 0 Å². The molecule has 21 heavy (non-hydrogen) atoms. The predicted octanol–water partition coefficient (Wildman–Crippen LogP) is 1.61. The number of nitrogens with one attached hydrogen (secondary N) is 1. The van der Waals surface area contributed by atoms with Gasteiger partial charge in [0, 0.05) is 24.7 Å². The molecular weight excluding hydrogens is 286 g/mol.